The zero-order valence-electron chi connectivity index (χ0n) is 10.5. The second-order valence-electron chi connectivity index (χ2n) is 4.58. The van der Waals surface area contributed by atoms with Crippen LogP contribution in [0.1, 0.15) is 0 Å². The van der Waals surface area contributed by atoms with Crippen LogP contribution < -0.4 is 15.2 Å². The number of hydrogen-bond donors (Lipinski definition) is 1. The Labute approximate surface area is 115 Å². The highest BCUT2D eigenvalue weighted by atomic mass is 16.7. The first-order valence-corrected chi connectivity index (χ1v) is 6.22. The average Bonchev–Trinajstić information content (AvgIpc) is 2.94. The molecule has 5 heteroatoms. The lowest BCUT2D eigenvalue weighted by atomic mass is 10.1. The van der Waals surface area contributed by atoms with Crippen LogP contribution in [-0.4, -0.2) is 16.8 Å². The number of ether oxygens (including phenoxy) is 2. The van der Waals surface area contributed by atoms with Crippen molar-refractivity contribution in [3.63, 3.8) is 0 Å². The second-order valence-corrected chi connectivity index (χ2v) is 4.58. The standard InChI is InChI=1S/C15H11N3O2/c16-11-2-3-12-10(5-11)7-17-15(18-12)9-1-4-13-14(6-9)20-8-19-13/h1-7H,8,16H2. The molecule has 5 nitrogen and oxygen atoms in total. The molecule has 0 fully saturated rings. The lowest BCUT2D eigenvalue weighted by Crippen LogP contribution is -1.93. The van der Waals surface area contributed by atoms with E-state index in [-0.39, 0.29) is 6.79 Å². The van der Waals surface area contributed by atoms with E-state index in [1.807, 2.05) is 36.4 Å². The highest BCUT2D eigenvalue weighted by molar-refractivity contribution is 5.82. The van der Waals surface area contributed by atoms with Crippen molar-refractivity contribution in [2.75, 3.05) is 12.5 Å². The molecule has 2 N–H and O–H groups in total. The van der Waals surface area contributed by atoms with Crippen molar-refractivity contribution in [1.29, 1.82) is 0 Å². The number of hydrogen-bond acceptors (Lipinski definition) is 5. The number of fused-ring (bicyclic) bond motifs is 2. The maximum absolute atomic E-state index is 5.75. The molecule has 0 aliphatic carbocycles. The molecule has 2 heterocycles. The van der Waals surface area contributed by atoms with E-state index in [0.717, 1.165) is 28.0 Å². The van der Waals surface area contributed by atoms with Crippen molar-refractivity contribution >= 4 is 16.6 Å². The van der Waals surface area contributed by atoms with Gasteiger partial charge in [0.15, 0.2) is 17.3 Å². The Bertz CT molecular complexity index is 817. The maximum Gasteiger partial charge on any atom is 0.231 e. The molecule has 2 aromatic carbocycles. The number of benzene rings is 2. The average molecular weight is 265 g/mol. The van der Waals surface area contributed by atoms with E-state index in [1.165, 1.54) is 0 Å². The molecular formula is C15H11N3O2. The van der Waals surface area contributed by atoms with Crippen LogP contribution >= 0.6 is 0 Å². The monoisotopic (exact) mass is 265 g/mol. The van der Waals surface area contributed by atoms with Crippen molar-refractivity contribution in [3.8, 4) is 22.9 Å². The molecule has 1 aromatic heterocycles. The second kappa shape index (κ2) is 4.09. The molecule has 1 aliphatic rings. The van der Waals surface area contributed by atoms with Gasteiger partial charge in [0.25, 0.3) is 0 Å². The first kappa shape index (κ1) is 11.0. The van der Waals surface area contributed by atoms with E-state index < -0.39 is 0 Å². The third kappa shape index (κ3) is 1.72. The Hall–Kier alpha value is -2.82. The van der Waals surface area contributed by atoms with Gasteiger partial charge in [0, 0.05) is 22.8 Å². The quantitative estimate of drug-likeness (QED) is 0.685. The smallest absolute Gasteiger partial charge is 0.231 e. The highest BCUT2D eigenvalue weighted by Crippen LogP contribution is 2.35. The summed E-state index contributed by atoms with van der Waals surface area (Å²) in [6, 6.07) is 11.3. The van der Waals surface area contributed by atoms with Gasteiger partial charge in [0.2, 0.25) is 6.79 Å². The van der Waals surface area contributed by atoms with Crippen LogP contribution in [0.25, 0.3) is 22.3 Å². The van der Waals surface area contributed by atoms with Crippen LogP contribution in [0, 0.1) is 0 Å². The SMILES string of the molecule is Nc1ccc2nc(-c3ccc4c(c3)OCO4)ncc2c1. The predicted octanol–water partition coefficient (Wildman–Crippen LogP) is 2.61. The number of rotatable bonds is 1. The Morgan fingerprint density at radius 1 is 1.00 bits per heavy atom. The van der Waals surface area contributed by atoms with Crippen molar-refractivity contribution < 1.29 is 9.47 Å². The first-order chi connectivity index (χ1) is 9.79. The summed E-state index contributed by atoms with van der Waals surface area (Å²) in [7, 11) is 0. The predicted molar refractivity (Wildman–Crippen MR) is 75.5 cm³/mol. The first-order valence-electron chi connectivity index (χ1n) is 6.22. The van der Waals surface area contributed by atoms with Gasteiger partial charge < -0.3 is 15.2 Å². The van der Waals surface area contributed by atoms with E-state index >= 15 is 0 Å². The Morgan fingerprint density at radius 3 is 2.85 bits per heavy atom. The minimum Gasteiger partial charge on any atom is -0.454 e. The summed E-state index contributed by atoms with van der Waals surface area (Å²) in [5.41, 5.74) is 8.21. The largest absolute Gasteiger partial charge is 0.454 e. The lowest BCUT2D eigenvalue weighted by molar-refractivity contribution is 0.174. The molecular weight excluding hydrogens is 254 g/mol. The van der Waals surface area contributed by atoms with Gasteiger partial charge in [-0.3, -0.25) is 0 Å². The van der Waals surface area contributed by atoms with Gasteiger partial charge in [-0.1, -0.05) is 0 Å². The Morgan fingerprint density at radius 2 is 1.90 bits per heavy atom. The normalized spacial score (nSPS) is 12.8. The molecule has 20 heavy (non-hydrogen) atoms. The zero-order valence-corrected chi connectivity index (χ0v) is 10.5. The number of aromatic nitrogens is 2. The molecule has 3 aromatic rings. The van der Waals surface area contributed by atoms with Gasteiger partial charge in [0.1, 0.15) is 0 Å². The maximum atomic E-state index is 5.75. The van der Waals surface area contributed by atoms with Crippen LogP contribution in [0.3, 0.4) is 0 Å². The summed E-state index contributed by atoms with van der Waals surface area (Å²) >= 11 is 0. The van der Waals surface area contributed by atoms with Crippen molar-refractivity contribution in [2.24, 2.45) is 0 Å². The van der Waals surface area contributed by atoms with E-state index in [2.05, 4.69) is 9.97 Å². The van der Waals surface area contributed by atoms with Crippen LogP contribution in [0.4, 0.5) is 5.69 Å². The number of nitrogen functional groups attached to an aromatic ring is 1. The fourth-order valence-corrected chi connectivity index (χ4v) is 2.23. The molecule has 0 radical (unpaired) electrons. The molecule has 0 atom stereocenters. The molecule has 0 spiro atoms. The third-order valence-corrected chi connectivity index (χ3v) is 3.23. The molecule has 0 amide bonds. The summed E-state index contributed by atoms with van der Waals surface area (Å²) in [4.78, 5) is 8.93. The summed E-state index contributed by atoms with van der Waals surface area (Å²) < 4.78 is 10.7. The van der Waals surface area contributed by atoms with Gasteiger partial charge in [-0.05, 0) is 36.4 Å². The number of nitrogens with two attached hydrogens (primary N) is 1. The molecule has 0 saturated heterocycles. The van der Waals surface area contributed by atoms with E-state index in [1.54, 1.807) is 6.20 Å². The van der Waals surface area contributed by atoms with Crippen LogP contribution in [-0.2, 0) is 0 Å². The van der Waals surface area contributed by atoms with Gasteiger partial charge in [-0.2, -0.15) is 0 Å². The highest BCUT2D eigenvalue weighted by Gasteiger charge is 2.14. The Kier molecular flexibility index (Phi) is 2.26. The van der Waals surface area contributed by atoms with Gasteiger partial charge in [-0.15, -0.1) is 0 Å². The fourth-order valence-electron chi connectivity index (χ4n) is 2.23. The molecule has 98 valence electrons. The summed E-state index contributed by atoms with van der Waals surface area (Å²) in [6.45, 7) is 0.261. The van der Waals surface area contributed by atoms with Gasteiger partial charge >= 0.3 is 0 Å². The van der Waals surface area contributed by atoms with Crippen LogP contribution in [0.2, 0.25) is 0 Å². The van der Waals surface area contributed by atoms with E-state index in [4.69, 9.17) is 15.2 Å². The molecule has 0 bridgehead atoms. The topological polar surface area (TPSA) is 70.3 Å². The van der Waals surface area contributed by atoms with E-state index in [0.29, 0.717) is 11.5 Å². The van der Waals surface area contributed by atoms with Crippen molar-refractivity contribution in [3.05, 3.63) is 42.6 Å². The van der Waals surface area contributed by atoms with Crippen LogP contribution in [0.15, 0.2) is 42.6 Å². The van der Waals surface area contributed by atoms with E-state index in [9.17, 15) is 0 Å². The van der Waals surface area contributed by atoms with Crippen LogP contribution in [0.5, 0.6) is 11.5 Å². The molecule has 0 unspecified atom stereocenters. The van der Waals surface area contributed by atoms with Gasteiger partial charge in [-0.25, -0.2) is 9.97 Å². The fraction of sp³-hybridized carbons (Fsp3) is 0.0667. The summed E-state index contributed by atoms with van der Waals surface area (Å²) in [5, 5.41) is 0.925. The number of nitrogens with zero attached hydrogens (tertiary/aromatic N) is 2. The van der Waals surface area contributed by atoms with Crippen molar-refractivity contribution in [1.82, 2.24) is 9.97 Å². The summed E-state index contributed by atoms with van der Waals surface area (Å²) in [6.07, 6.45) is 1.78. The molecule has 0 saturated carbocycles. The number of anilines is 1. The lowest BCUT2D eigenvalue weighted by Gasteiger charge is -2.04. The zero-order chi connectivity index (χ0) is 13.5. The Balaban J connectivity index is 1.83. The molecule has 1 aliphatic heterocycles. The summed E-state index contributed by atoms with van der Waals surface area (Å²) in [5.74, 6) is 2.13. The molecule has 4 rings (SSSR count). The van der Waals surface area contributed by atoms with Crippen molar-refractivity contribution in [2.45, 2.75) is 0 Å². The minimum absolute atomic E-state index is 0.261. The van der Waals surface area contributed by atoms with Gasteiger partial charge in [0.05, 0.1) is 5.52 Å². The minimum atomic E-state index is 0.261. The third-order valence-electron chi connectivity index (χ3n) is 3.23.